The van der Waals surface area contributed by atoms with Crippen LogP contribution in [0.3, 0.4) is 0 Å². The predicted octanol–water partition coefficient (Wildman–Crippen LogP) is 2.61. The van der Waals surface area contributed by atoms with Crippen LogP contribution in [0, 0.1) is 5.92 Å². The molecule has 0 bridgehead atoms. The SMILES string of the molecule is COc1ccc2cc(C(C)C3CC(=O)NC3=O)ccc2c1. The first-order valence-corrected chi connectivity index (χ1v) is 7.00. The zero-order chi connectivity index (χ0) is 15.0. The Kier molecular flexibility index (Phi) is 3.37. The number of imide groups is 1. The van der Waals surface area contributed by atoms with E-state index in [2.05, 4.69) is 11.4 Å². The number of rotatable bonds is 3. The van der Waals surface area contributed by atoms with E-state index in [0.717, 1.165) is 22.1 Å². The van der Waals surface area contributed by atoms with Gasteiger partial charge in [-0.2, -0.15) is 0 Å². The Bertz CT molecular complexity index is 723. The molecule has 108 valence electrons. The van der Waals surface area contributed by atoms with Gasteiger partial charge in [-0.3, -0.25) is 14.9 Å². The molecule has 0 spiro atoms. The van der Waals surface area contributed by atoms with Crippen LogP contribution in [0.5, 0.6) is 5.75 Å². The molecule has 1 heterocycles. The first-order chi connectivity index (χ1) is 10.1. The highest BCUT2D eigenvalue weighted by atomic mass is 16.5. The largest absolute Gasteiger partial charge is 0.497 e. The van der Waals surface area contributed by atoms with Crippen molar-refractivity contribution in [2.24, 2.45) is 5.92 Å². The number of methoxy groups -OCH3 is 1. The topological polar surface area (TPSA) is 55.4 Å². The van der Waals surface area contributed by atoms with Gasteiger partial charge >= 0.3 is 0 Å². The van der Waals surface area contributed by atoms with E-state index in [9.17, 15) is 9.59 Å². The Balaban J connectivity index is 1.93. The van der Waals surface area contributed by atoms with E-state index in [4.69, 9.17) is 4.74 Å². The summed E-state index contributed by atoms with van der Waals surface area (Å²) in [6.07, 6.45) is 0.278. The summed E-state index contributed by atoms with van der Waals surface area (Å²) in [5, 5.41) is 4.57. The third-order valence-electron chi connectivity index (χ3n) is 4.21. The lowest BCUT2D eigenvalue weighted by molar-refractivity contribution is -0.126. The maximum atomic E-state index is 11.8. The highest BCUT2D eigenvalue weighted by molar-refractivity contribution is 6.04. The smallest absolute Gasteiger partial charge is 0.230 e. The molecular formula is C17H17NO3. The molecule has 0 aliphatic carbocycles. The normalized spacial score (nSPS) is 19.6. The van der Waals surface area contributed by atoms with Crippen molar-refractivity contribution >= 4 is 22.6 Å². The van der Waals surface area contributed by atoms with Gasteiger partial charge in [0.1, 0.15) is 5.75 Å². The van der Waals surface area contributed by atoms with Crippen LogP contribution in [0.25, 0.3) is 10.8 Å². The van der Waals surface area contributed by atoms with Crippen LogP contribution in [-0.2, 0) is 9.59 Å². The van der Waals surface area contributed by atoms with Gasteiger partial charge in [0.25, 0.3) is 0 Å². The summed E-state index contributed by atoms with van der Waals surface area (Å²) in [4.78, 5) is 23.1. The average molecular weight is 283 g/mol. The molecular weight excluding hydrogens is 266 g/mol. The number of carbonyl (C=O) groups is 2. The second-order valence-corrected chi connectivity index (χ2v) is 5.48. The maximum Gasteiger partial charge on any atom is 0.230 e. The standard InChI is InChI=1S/C17H17NO3/c1-10(15-9-16(19)18-17(15)20)11-3-4-13-8-14(21-2)6-5-12(13)7-11/h3-8,10,15H,9H2,1-2H3,(H,18,19,20). The number of carbonyl (C=O) groups excluding carboxylic acids is 2. The fourth-order valence-electron chi connectivity index (χ4n) is 2.86. The molecule has 0 saturated carbocycles. The van der Waals surface area contributed by atoms with Gasteiger partial charge in [-0.05, 0) is 34.4 Å². The van der Waals surface area contributed by atoms with E-state index >= 15 is 0 Å². The van der Waals surface area contributed by atoms with Crippen LogP contribution < -0.4 is 10.1 Å². The fraction of sp³-hybridized carbons (Fsp3) is 0.294. The van der Waals surface area contributed by atoms with Crippen LogP contribution >= 0.6 is 0 Å². The van der Waals surface area contributed by atoms with Crippen molar-refractivity contribution in [3.05, 3.63) is 42.0 Å². The van der Waals surface area contributed by atoms with E-state index in [1.807, 2.05) is 37.3 Å². The summed E-state index contributed by atoms with van der Waals surface area (Å²) in [6, 6.07) is 12.0. The van der Waals surface area contributed by atoms with Gasteiger partial charge in [0.2, 0.25) is 11.8 Å². The number of nitrogens with one attached hydrogen (secondary N) is 1. The number of amides is 2. The molecule has 1 saturated heterocycles. The van der Waals surface area contributed by atoms with Crippen LogP contribution in [0.1, 0.15) is 24.8 Å². The van der Waals surface area contributed by atoms with Crippen molar-refractivity contribution in [3.8, 4) is 5.75 Å². The molecule has 1 fully saturated rings. The zero-order valence-corrected chi connectivity index (χ0v) is 12.1. The molecule has 4 heteroatoms. The molecule has 21 heavy (non-hydrogen) atoms. The molecule has 1 aliphatic heterocycles. The monoisotopic (exact) mass is 283 g/mol. The second kappa shape index (κ2) is 5.20. The molecule has 0 aromatic heterocycles. The van der Waals surface area contributed by atoms with Gasteiger partial charge in [0.05, 0.1) is 13.0 Å². The zero-order valence-electron chi connectivity index (χ0n) is 12.1. The van der Waals surface area contributed by atoms with Gasteiger partial charge < -0.3 is 4.74 Å². The molecule has 2 aromatic rings. The first-order valence-electron chi connectivity index (χ1n) is 7.00. The van der Waals surface area contributed by atoms with Gasteiger partial charge in [0, 0.05) is 6.42 Å². The maximum absolute atomic E-state index is 11.8. The molecule has 2 unspecified atom stereocenters. The highest BCUT2D eigenvalue weighted by Gasteiger charge is 2.35. The van der Waals surface area contributed by atoms with Gasteiger partial charge in [-0.15, -0.1) is 0 Å². The predicted molar refractivity (Wildman–Crippen MR) is 80.2 cm³/mol. The quantitative estimate of drug-likeness (QED) is 0.881. The third-order valence-corrected chi connectivity index (χ3v) is 4.21. The van der Waals surface area contributed by atoms with Crippen LogP contribution in [-0.4, -0.2) is 18.9 Å². The van der Waals surface area contributed by atoms with E-state index in [-0.39, 0.29) is 30.1 Å². The summed E-state index contributed by atoms with van der Waals surface area (Å²) < 4.78 is 5.22. The highest BCUT2D eigenvalue weighted by Crippen LogP contribution is 2.32. The first kappa shape index (κ1) is 13.6. The van der Waals surface area contributed by atoms with Gasteiger partial charge in [-0.1, -0.05) is 31.2 Å². The molecule has 4 nitrogen and oxygen atoms in total. The molecule has 1 N–H and O–H groups in total. The summed E-state index contributed by atoms with van der Waals surface area (Å²) in [5.74, 6) is 0.227. The number of ether oxygens (including phenoxy) is 1. The Morgan fingerprint density at radius 3 is 2.52 bits per heavy atom. The van der Waals surface area contributed by atoms with Crippen LogP contribution in [0.2, 0.25) is 0 Å². The third kappa shape index (κ3) is 2.49. The second-order valence-electron chi connectivity index (χ2n) is 5.48. The lowest BCUT2D eigenvalue weighted by atomic mass is 9.85. The Hall–Kier alpha value is -2.36. The summed E-state index contributed by atoms with van der Waals surface area (Å²) >= 11 is 0. The Morgan fingerprint density at radius 2 is 1.86 bits per heavy atom. The average Bonchev–Trinajstić information content (AvgIpc) is 2.84. The lowest BCUT2D eigenvalue weighted by Gasteiger charge is -2.17. The Morgan fingerprint density at radius 1 is 1.14 bits per heavy atom. The van der Waals surface area contributed by atoms with Gasteiger partial charge in [0.15, 0.2) is 0 Å². The minimum atomic E-state index is -0.270. The van der Waals surface area contributed by atoms with E-state index in [1.54, 1.807) is 7.11 Å². The summed E-state index contributed by atoms with van der Waals surface area (Å²) in [5.41, 5.74) is 1.07. The van der Waals surface area contributed by atoms with Crippen molar-refractivity contribution in [2.75, 3.05) is 7.11 Å². The molecule has 2 atom stereocenters. The molecule has 0 radical (unpaired) electrons. The fourth-order valence-corrected chi connectivity index (χ4v) is 2.86. The minimum Gasteiger partial charge on any atom is -0.497 e. The molecule has 3 rings (SSSR count). The molecule has 2 amide bonds. The van der Waals surface area contributed by atoms with Crippen LogP contribution in [0.4, 0.5) is 0 Å². The van der Waals surface area contributed by atoms with Crippen molar-refractivity contribution in [1.29, 1.82) is 0 Å². The van der Waals surface area contributed by atoms with E-state index < -0.39 is 0 Å². The van der Waals surface area contributed by atoms with Crippen molar-refractivity contribution in [3.63, 3.8) is 0 Å². The van der Waals surface area contributed by atoms with Crippen molar-refractivity contribution in [1.82, 2.24) is 5.32 Å². The lowest BCUT2D eigenvalue weighted by Crippen LogP contribution is -2.24. The summed E-state index contributed by atoms with van der Waals surface area (Å²) in [6.45, 7) is 1.99. The van der Waals surface area contributed by atoms with Crippen molar-refractivity contribution < 1.29 is 14.3 Å². The summed E-state index contributed by atoms with van der Waals surface area (Å²) in [7, 11) is 1.65. The van der Waals surface area contributed by atoms with E-state index in [1.165, 1.54) is 0 Å². The number of hydrogen-bond donors (Lipinski definition) is 1. The van der Waals surface area contributed by atoms with Crippen LogP contribution in [0.15, 0.2) is 36.4 Å². The Labute approximate surface area is 123 Å². The van der Waals surface area contributed by atoms with Crippen molar-refractivity contribution in [2.45, 2.75) is 19.3 Å². The number of hydrogen-bond acceptors (Lipinski definition) is 3. The molecule has 2 aromatic carbocycles. The molecule has 1 aliphatic rings. The number of fused-ring (bicyclic) bond motifs is 1. The number of benzene rings is 2. The minimum absolute atomic E-state index is 0.0166. The van der Waals surface area contributed by atoms with E-state index in [0.29, 0.717) is 0 Å². The van der Waals surface area contributed by atoms with Gasteiger partial charge in [-0.25, -0.2) is 0 Å².